The van der Waals surface area contributed by atoms with Crippen LogP contribution in [-0.4, -0.2) is 5.78 Å². The second-order valence-corrected chi connectivity index (χ2v) is 5.50. The molecule has 2 rings (SSSR count). The number of allylic oxidation sites excluding steroid dienone is 2. The minimum Gasteiger partial charge on any atom is -0.295 e. The smallest absolute Gasteiger partial charge is 0.159 e. The number of ketones is 1. The largest absolute Gasteiger partial charge is 0.295 e. The average Bonchev–Trinajstić information content (AvgIpc) is 2.30. The van der Waals surface area contributed by atoms with Gasteiger partial charge >= 0.3 is 0 Å². The second kappa shape index (κ2) is 5.13. The van der Waals surface area contributed by atoms with Gasteiger partial charge in [0.1, 0.15) is 0 Å². The topological polar surface area (TPSA) is 17.1 Å². The lowest BCUT2D eigenvalue weighted by Gasteiger charge is -2.21. The van der Waals surface area contributed by atoms with Gasteiger partial charge in [0.25, 0.3) is 0 Å². The van der Waals surface area contributed by atoms with E-state index in [2.05, 4.69) is 40.8 Å². The fourth-order valence-corrected chi connectivity index (χ4v) is 3.10. The van der Waals surface area contributed by atoms with Crippen LogP contribution in [0.25, 0.3) is 0 Å². The summed E-state index contributed by atoms with van der Waals surface area (Å²) in [5, 5.41) is 0. The summed E-state index contributed by atoms with van der Waals surface area (Å²) in [6.07, 6.45) is 6.04. The maximum atomic E-state index is 11.2. The van der Waals surface area contributed by atoms with E-state index in [1.54, 1.807) is 6.92 Å². The Kier molecular flexibility index (Phi) is 3.79. The van der Waals surface area contributed by atoms with Crippen molar-refractivity contribution < 1.29 is 4.79 Å². The molecule has 0 spiro atoms. The van der Waals surface area contributed by atoms with E-state index in [0.717, 1.165) is 5.56 Å². The molecular formula is C14H15IO. The SMILES string of the molecule is CC(=O)c1ccc([C@H]2CCCC=C2I)cc1. The molecule has 0 fully saturated rings. The van der Waals surface area contributed by atoms with E-state index in [1.807, 2.05) is 12.1 Å². The molecule has 2 heteroatoms. The van der Waals surface area contributed by atoms with Crippen molar-refractivity contribution >= 4 is 28.4 Å². The molecule has 0 radical (unpaired) electrons. The highest BCUT2D eigenvalue weighted by atomic mass is 127. The third-order valence-electron chi connectivity index (χ3n) is 3.09. The second-order valence-electron chi connectivity index (χ2n) is 4.25. The Morgan fingerprint density at radius 2 is 2.00 bits per heavy atom. The van der Waals surface area contributed by atoms with Gasteiger partial charge in [0.15, 0.2) is 5.78 Å². The molecule has 16 heavy (non-hydrogen) atoms. The van der Waals surface area contributed by atoms with Crippen molar-refractivity contribution in [2.75, 3.05) is 0 Å². The van der Waals surface area contributed by atoms with Crippen molar-refractivity contribution in [2.45, 2.75) is 32.1 Å². The number of Topliss-reactive ketones (excluding diaryl/α,β-unsaturated/α-hetero) is 1. The predicted molar refractivity (Wildman–Crippen MR) is 75.1 cm³/mol. The van der Waals surface area contributed by atoms with Gasteiger partial charge in [0.05, 0.1) is 0 Å². The van der Waals surface area contributed by atoms with Crippen LogP contribution in [0.1, 0.15) is 48.0 Å². The van der Waals surface area contributed by atoms with Crippen LogP contribution < -0.4 is 0 Å². The molecule has 0 saturated heterocycles. The number of rotatable bonds is 2. The number of hydrogen-bond donors (Lipinski definition) is 0. The molecule has 1 aromatic carbocycles. The van der Waals surface area contributed by atoms with Crippen LogP contribution >= 0.6 is 22.6 Å². The fraction of sp³-hybridized carbons (Fsp3) is 0.357. The number of halogens is 1. The van der Waals surface area contributed by atoms with Gasteiger partial charge in [-0.2, -0.15) is 0 Å². The Balaban J connectivity index is 2.24. The van der Waals surface area contributed by atoms with E-state index < -0.39 is 0 Å². The molecule has 1 aromatic rings. The minimum absolute atomic E-state index is 0.139. The first-order valence-corrected chi connectivity index (χ1v) is 6.73. The van der Waals surface area contributed by atoms with Gasteiger partial charge in [-0.1, -0.05) is 30.3 Å². The van der Waals surface area contributed by atoms with Gasteiger partial charge < -0.3 is 0 Å². The van der Waals surface area contributed by atoms with Gasteiger partial charge in [-0.15, -0.1) is 0 Å². The van der Waals surface area contributed by atoms with Crippen molar-refractivity contribution in [1.29, 1.82) is 0 Å². The number of carbonyl (C=O) groups is 1. The normalized spacial score (nSPS) is 20.4. The first kappa shape index (κ1) is 11.8. The number of carbonyl (C=O) groups excluding carboxylic acids is 1. The molecule has 1 aliphatic rings. The van der Waals surface area contributed by atoms with Crippen molar-refractivity contribution in [2.24, 2.45) is 0 Å². The fourth-order valence-electron chi connectivity index (χ4n) is 2.12. The molecule has 0 saturated carbocycles. The van der Waals surface area contributed by atoms with E-state index in [9.17, 15) is 4.79 Å². The summed E-state index contributed by atoms with van der Waals surface area (Å²) >= 11 is 2.44. The predicted octanol–water partition coefficient (Wildman–Crippen LogP) is 4.48. The third-order valence-corrected chi connectivity index (χ3v) is 4.28. The van der Waals surface area contributed by atoms with Crippen LogP contribution in [0.2, 0.25) is 0 Å². The number of benzene rings is 1. The van der Waals surface area contributed by atoms with Crippen molar-refractivity contribution in [1.82, 2.24) is 0 Å². The molecule has 84 valence electrons. The molecule has 1 atom stereocenters. The van der Waals surface area contributed by atoms with Gasteiger partial charge in [-0.3, -0.25) is 4.79 Å². The van der Waals surface area contributed by atoms with Crippen LogP contribution in [0.15, 0.2) is 33.9 Å². The molecule has 0 heterocycles. The molecule has 0 aliphatic heterocycles. The summed E-state index contributed by atoms with van der Waals surface area (Å²) in [5.74, 6) is 0.691. The molecule has 0 N–H and O–H groups in total. The first-order chi connectivity index (χ1) is 7.68. The van der Waals surface area contributed by atoms with Crippen molar-refractivity contribution in [3.8, 4) is 0 Å². The summed E-state index contributed by atoms with van der Waals surface area (Å²) in [5.41, 5.74) is 2.14. The van der Waals surface area contributed by atoms with Crippen LogP contribution in [0, 0.1) is 0 Å². The summed E-state index contributed by atoms with van der Waals surface area (Å²) in [6, 6.07) is 8.07. The highest BCUT2D eigenvalue weighted by molar-refractivity contribution is 14.1. The maximum absolute atomic E-state index is 11.2. The maximum Gasteiger partial charge on any atom is 0.159 e. The summed E-state index contributed by atoms with van der Waals surface area (Å²) < 4.78 is 1.44. The van der Waals surface area contributed by atoms with E-state index in [4.69, 9.17) is 0 Å². The zero-order valence-corrected chi connectivity index (χ0v) is 11.5. The molecule has 0 amide bonds. The number of hydrogen-bond acceptors (Lipinski definition) is 1. The van der Waals surface area contributed by atoms with Gasteiger partial charge in [-0.05, 0) is 57.9 Å². The van der Waals surface area contributed by atoms with E-state index in [1.165, 1.54) is 28.4 Å². The molecule has 0 bridgehead atoms. The van der Waals surface area contributed by atoms with Gasteiger partial charge in [0.2, 0.25) is 0 Å². The summed E-state index contributed by atoms with van der Waals surface area (Å²) in [7, 11) is 0. The average molecular weight is 326 g/mol. The molecule has 0 unspecified atom stereocenters. The molecule has 1 nitrogen and oxygen atoms in total. The van der Waals surface area contributed by atoms with Gasteiger partial charge in [0, 0.05) is 11.5 Å². The molecule has 0 aromatic heterocycles. The van der Waals surface area contributed by atoms with E-state index >= 15 is 0 Å². The Labute approximate surface area is 110 Å². The monoisotopic (exact) mass is 326 g/mol. The zero-order chi connectivity index (χ0) is 11.5. The minimum atomic E-state index is 0.139. The molecular weight excluding hydrogens is 311 g/mol. The van der Waals surface area contributed by atoms with Crippen LogP contribution in [0.5, 0.6) is 0 Å². The van der Waals surface area contributed by atoms with Crippen molar-refractivity contribution in [3.63, 3.8) is 0 Å². The lowest BCUT2D eigenvalue weighted by atomic mass is 9.89. The highest BCUT2D eigenvalue weighted by Gasteiger charge is 2.17. The lowest BCUT2D eigenvalue weighted by molar-refractivity contribution is 0.101. The van der Waals surface area contributed by atoms with E-state index in [-0.39, 0.29) is 5.78 Å². The van der Waals surface area contributed by atoms with Crippen LogP contribution in [0.4, 0.5) is 0 Å². The highest BCUT2D eigenvalue weighted by Crippen LogP contribution is 2.37. The van der Waals surface area contributed by atoms with Crippen molar-refractivity contribution in [3.05, 3.63) is 45.0 Å². The Bertz CT molecular complexity index is 417. The Morgan fingerprint density at radius 3 is 2.56 bits per heavy atom. The van der Waals surface area contributed by atoms with Gasteiger partial charge in [-0.25, -0.2) is 0 Å². The third kappa shape index (κ3) is 2.54. The standard InChI is InChI=1S/C14H15IO/c1-10(16)11-6-8-12(9-7-11)13-4-2-3-5-14(13)15/h5-9,13H,2-4H2,1H3/t13-/m1/s1. The Morgan fingerprint density at radius 1 is 1.31 bits per heavy atom. The zero-order valence-electron chi connectivity index (χ0n) is 9.37. The van der Waals surface area contributed by atoms with Crippen LogP contribution in [-0.2, 0) is 0 Å². The quantitative estimate of drug-likeness (QED) is 0.579. The van der Waals surface area contributed by atoms with E-state index in [0.29, 0.717) is 5.92 Å². The Hall–Kier alpha value is -0.640. The first-order valence-electron chi connectivity index (χ1n) is 5.65. The molecule has 1 aliphatic carbocycles. The van der Waals surface area contributed by atoms with Crippen LogP contribution in [0.3, 0.4) is 0 Å². The lowest BCUT2D eigenvalue weighted by Crippen LogP contribution is -2.03. The summed E-state index contributed by atoms with van der Waals surface area (Å²) in [6.45, 7) is 1.61. The summed E-state index contributed by atoms with van der Waals surface area (Å²) in [4.78, 5) is 11.2.